The van der Waals surface area contributed by atoms with Gasteiger partial charge in [-0.3, -0.25) is 0 Å². The number of aryl methyl sites for hydroxylation is 1. The molecular weight excluding hydrogens is 252 g/mol. The van der Waals surface area contributed by atoms with E-state index in [0.717, 1.165) is 31.3 Å². The van der Waals surface area contributed by atoms with Crippen LogP contribution in [0.1, 0.15) is 32.5 Å². The highest BCUT2D eigenvalue weighted by atomic mass is 16.5. The molecular formula is C15H26N4O. The van der Waals surface area contributed by atoms with Gasteiger partial charge in [0, 0.05) is 18.7 Å². The Bertz CT molecular complexity index is 430. The summed E-state index contributed by atoms with van der Waals surface area (Å²) in [6.45, 7) is 9.61. The maximum atomic E-state index is 5.27. The van der Waals surface area contributed by atoms with E-state index in [1.54, 1.807) is 7.11 Å². The van der Waals surface area contributed by atoms with Crippen molar-refractivity contribution in [2.75, 3.05) is 31.6 Å². The maximum absolute atomic E-state index is 5.27. The maximum Gasteiger partial charge on any atom is 0.218 e. The lowest BCUT2D eigenvalue weighted by Gasteiger charge is -2.33. The van der Waals surface area contributed by atoms with Crippen molar-refractivity contribution >= 4 is 5.82 Å². The van der Waals surface area contributed by atoms with Crippen LogP contribution in [0.2, 0.25) is 0 Å². The van der Waals surface area contributed by atoms with Crippen LogP contribution in [-0.2, 0) is 0 Å². The van der Waals surface area contributed by atoms with E-state index in [2.05, 4.69) is 34.0 Å². The van der Waals surface area contributed by atoms with Gasteiger partial charge in [0.15, 0.2) is 0 Å². The van der Waals surface area contributed by atoms with Crippen LogP contribution in [0.4, 0.5) is 5.82 Å². The van der Waals surface area contributed by atoms with E-state index in [9.17, 15) is 0 Å². The first-order valence-electron chi connectivity index (χ1n) is 7.47. The molecule has 0 aromatic carbocycles. The number of anilines is 1. The molecule has 0 saturated carbocycles. The van der Waals surface area contributed by atoms with Crippen molar-refractivity contribution in [2.24, 2.45) is 5.92 Å². The Kier molecular flexibility index (Phi) is 5.17. The number of rotatable bonds is 5. The van der Waals surface area contributed by atoms with Crippen molar-refractivity contribution in [3.05, 3.63) is 11.9 Å². The lowest BCUT2D eigenvalue weighted by atomic mass is 9.98. The van der Waals surface area contributed by atoms with E-state index in [1.807, 2.05) is 13.0 Å². The third-order valence-corrected chi connectivity index (χ3v) is 3.78. The molecule has 0 spiro atoms. The number of hydrogen-bond acceptors (Lipinski definition) is 5. The molecule has 1 aromatic heterocycles. The normalized spacial score (nSPS) is 19.1. The Morgan fingerprint density at radius 1 is 1.45 bits per heavy atom. The van der Waals surface area contributed by atoms with Crippen LogP contribution in [0.3, 0.4) is 0 Å². The minimum atomic E-state index is 0.413. The zero-order valence-electron chi connectivity index (χ0n) is 13.0. The van der Waals surface area contributed by atoms with Gasteiger partial charge in [0.1, 0.15) is 11.6 Å². The van der Waals surface area contributed by atoms with Gasteiger partial charge < -0.3 is 15.0 Å². The molecule has 5 heteroatoms. The fourth-order valence-corrected chi connectivity index (χ4v) is 2.70. The minimum Gasteiger partial charge on any atom is -0.481 e. The molecule has 1 fully saturated rings. The zero-order chi connectivity index (χ0) is 14.5. The summed E-state index contributed by atoms with van der Waals surface area (Å²) in [5.41, 5.74) is 0. The van der Waals surface area contributed by atoms with Gasteiger partial charge in [0.25, 0.3) is 0 Å². The number of nitrogens with one attached hydrogen (secondary N) is 1. The van der Waals surface area contributed by atoms with E-state index in [4.69, 9.17) is 4.74 Å². The van der Waals surface area contributed by atoms with Crippen LogP contribution < -0.4 is 15.0 Å². The molecule has 1 N–H and O–H groups in total. The number of methoxy groups -OCH3 is 1. The number of ether oxygens (including phenoxy) is 1. The fraction of sp³-hybridized carbons (Fsp3) is 0.733. The van der Waals surface area contributed by atoms with Gasteiger partial charge in [-0.1, -0.05) is 0 Å². The molecule has 1 saturated heterocycles. The molecule has 0 aliphatic carbocycles. The predicted molar refractivity (Wildman–Crippen MR) is 81.4 cm³/mol. The molecule has 5 nitrogen and oxygen atoms in total. The van der Waals surface area contributed by atoms with Crippen LogP contribution in [0.15, 0.2) is 6.07 Å². The molecule has 0 amide bonds. The largest absolute Gasteiger partial charge is 0.481 e. The molecule has 0 bridgehead atoms. The molecule has 2 heterocycles. The van der Waals surface area contributed by atoms with Gasteiger partial charge in [-0.05, 0) is 52.6 Å². The molecule has 1 unspecified atom stereocenters. The van der Waals surface area contributed by atoms with Crippen molar-refractivity contribution in [1.82, 2.24) is 15.3 Å². The van der Waals surface area contributed by atoms with Crippen LogP contribution >= 0.6 is 0 Å². The highest BCUT2D eigenvalue weighted by Gasteiger charge is 2.21. The summed E-state index contributed by atoms with van der Waals surface area (Å²) in [4.78, 5) is 11.2. The summed E-state index contributed by atoms with van der Waals surface area (Å²) in [6, 6.07) is 2.35. The van der Waals surface area contributed by atoms with Crippen LogP contribution in [0.25, 0.3) is 0 Å². The van der Waals surface area contributed by atoms with Crippen LogP contribution in [-0.4, -0.2) is 42.8 Å². The second-order valence-electron chi connectivity index (χ2n) is 5.77. The average Bonchev–Trinajstić information content (AvgIpc) is 2.44. The van der Waals surface area contributed by atoms with Crippen molar-refractivity contribution in [3.8, 4) is 5.88 Å². The van der Waals surface area contributed by atoms with Gasteiger partial charge in [0.05, 0.1) is 7.11 Å². The second kappa shape index (κ2) is 6.88. The molecule has 1 aromatic rings. The Morgan fingerprint density at radius 3 is 2.85 bits per heavy atom. The molecule has 2 rings (SSSR count). The summed E-state index contributed by atoms with van der Waals surface area (Å²) >= 11 is 0. The monoisotopic (exact) mass is 278 g/mol. The van der Waals surface area contributed by atoms with E-state index in [1.165, 1.54) is 12.8 Å². The number of hydrogen-bond donors (Lipinski definition) is 1. The van der Waals surface area contributed by atoms with E-state index < -0.39 is 0 Å². The highest BCUT2D eigenvalue weighted by Crippen LogP contribution is 2.22. The lowest BCUT2D eigenvalue weighted by Crippen LogP contribution is -2.41. The van der Waals surface area contributed by atoms with E-state index in [-0.39, 0.29) is 0 Å². The average molecular weight is 278 g/mol. The molecule has 1 aliphatic rings. The molecule has 0 radical (unpaired) electrons. The van der Waals surface area contributed by atoms with Crippen molar-refractivity contribution in [3.63, 3.8) is 0 Å². The van der Waals surface area contributed by atoms with Gasteiger partial charge in [-0.25, -0.2) is 4.98 Å². The van der Waals surface area contributed by atoms with Crippen molar-refractivity contribution in [2.45, 2.75) is 39.7 Å². The molecule has 1 atom stereocenters. The minimum absolute atomic E-state index is 0.413. The summed E-state index contributed by atoms with van der Waals surface area (Å²) in [7, 11) is 1.65. The fourth-order valence-electron chi connectivity index (χ4n) is 2.70. The third kappa shape index (κ3) is 3.82. The summed E-state index contributed by atoms with van der Waals surface area (Å²) in [5, 5.41) is 3.48. The Hall–Kier alpha value is -1.36. The first kappa shape index (κ1) is 15.0. The summed E-state index contributed by atoms with van der Waals surface area (Å²) in [5.74, 6) is 3.05. The summed E-state index contributed by atoms with van der Waals surface area (Å²) < 4.78 is 5.27. The second-order valence-corrected chi connectivity index (χ2v) is 5.77. The quantitative estimate of drug-likeness (QED) is 0.893. The Morgan fingerprint density at radius 2 is 2.25 bits per heavy atom. The first-order chi connectivity index (χ1) is 9.60. The smallest absolute Gasteiger partial charge is 0.218 e. The van der Waals surface area contributed by atoms with Crippen molar-refractivity contribution < 1.29 is 4.74 Å². The lowest BCUT2D eigenvalue weighted by molar-refractivity contribution is 0.369. The number of nitrogens with zero attached hydrogens (tertiary/aromatic N) is 3. The van der Waals surface area contributed by atoms with Gasteiger partial charge in [0.2, 0.25) is 5.88 Å². The molecule has 112 valence electrons. The van der Waals surface area contributed by atoms with Gasteiger partial charge in [-0.15, -0.1) is 0 Å². The third-order valence-electron chi connectivity index (χ3n) is 3.78. The Balaban J connectivity index is 2.16. The molecule has 20 heavy (non-hydrogen) atoms. The van der Waals surface area contributed by atoms with E-state index >= 15 is 0 Å². The molecule has 1 aliphatic heterocycles. The summed E-state index contributed by atoms with van der Waals surface area (Å²) in [6.07, 6.45) is 2.56. The van der Waals surface area contributed by atoms with E-state index in [0.29, 0.717) is 17.8 Å². The highest BCUT2D eigenvalue weighted by molar-refractivity contribution is 5.42. The Labute approximate surface area is 121 Å². The SMILES string of the molecule is COc1cc(N(CC2CCCNC2)C(C)C)nc(C)n1. The van der Waals surface area contributed by atoms with Crippen molar-refractivity contribution in [1.29, 1.82) is 0 Å². The first-order valence-corrected chi connectivity index (χ1v) is 7.47. The van der Waals surface area contributed by atoms with Crippen LogP contribution in [0, 0.1) is 12.8 Å². The zero-order valence-corrected chi connectivity index (χ0v) is 13.0. The van der Waals surface area contributed by atoms with Gasteiger partial charge in [-0.2, -0.15) is 4.98 Å². The predicted octanol–water partition coefficient (Wildman–Crippen LogP) is 2.01. The van der Waals surface area contributed by atoms with Crippen LogP contribution in [0.5, 0.6) is 5.88 Å². The number of aromatic nitrogens is 2. The van der Waals surface area contributed by atoms with Gasteiger partial charge >= 0.3 is 0 Å². The topological polar surface area (TPSA) is 50.3 Å². The number of piperidine rings is 1. The standard InChI is InChI=1S/C15H26N4O/c1-11(2)19(10-13-6-5-7-16-9-13)14-8-15(20-4)18-12(3)17-14/h8,11,13,16H,5-7,9-10H2,1-4H3.